The van der Waals surface area contributed by atoms with Crippen molar-refractivity contribution in [2.24, 2.45) is 0 Å². The molecule has 1 aromatic rings. The molecule has 2 N–H and O–H groups in total. The molecular weight excluding hydrogens is 219 g/mol. The van der Waals surface area contributed by atoms with Crippen LogP contribution >= 0.6 is 11.6 Å². The van der Waals surface area contributed by atoms with Gasteiger partial charge < -0.3 is 10.6 Å². The second-order valence-corrected chi connectivity index (χ2v) is 3.72. The number of benzene rings is 1. The van der Waals surface area contributed by atoms with Crippen LogP contribution in [0.2, 0.25) is 5.02 Å². The molecule has 1 atom stereocenters. The quantitative estimate of drug-likeness (QED) is 0.760. The van der Waals surface area contributed by atoms with Gasteiger partial charge in [-0.05, 0) is 12.1 Å². The summed E-state index contributed by atoms with van der Waals surface area (Å²) in [5.74, 6) is -0.703. The first kappa shape index (κ1) is 10.4. The molecule has 0 spiro atoms. The maximum absolute atomic E-state index is 13.5. The lowest BCUT2D eigenvalue weighted by Gasteiger charge is -2.24. The molecule has 1 aliphatic heterocycles. The number of halogens is 2. The minimum Gasteiger partial charge on any atom is -0.353 e. The van der Waals surface area contributed by atoms with Crippen LogP contribution in [0.15, 0.2) is 18.2 Å². The first-order chi connectivity index (χ1) is 7.20. The molecule has 5 heteroatoms. The summed E-state index contributed by atoms with van der Waals surface area (Å²) >= 11 is 5.87. The third-order valence-corrected chi connectivity index (χ3v) is 2.65. The number of carbonyl (C=O) groups is 1. The van der Waals surface area contributed by atoms with Crippen molar-refractivity contribution in [3.8, 4) is 0 Å². The van der Waals surface area contributed by atoms with E-state index in [9.17, 15) is 9.18 Å². The van der Waals surface area contributed by atoms with E-state index < -0.39 is 11.9 Å². The monoisotopic (exact) mass is 228 g/mol. The lowest BCUT2D eigenvalue weighted by Crippen LogP contribution is -2.47. The molecule has 1 saturated heterocycles. The molecule has 1 amide bonds. The predicted molar refractivity (Wildman–Crippen MR) is 55.2 cm³/mol. The van der Waals surface area contributed by atoms with Gasteiger partial charge >= 0.3 is 0 Å². The fraction of sp³-hybridized carbons (Fsp3) is 0.300. The second kappa shape index (κ2) is 4.16. The van der Waals surface area contributed by atoms with Crippen molar-refractivity contribution in [1.82, 2.24) is 10.6 Å². The standard InChI is InChI=1S/C10H10ClFN2O/c11-6-2-1-3-7(12)8(6)9-10(15)14-5-4-13-9/h1-3,9,13H,4-5H2,(H,14,15)/t9-/m1/s1. The van der Waals surface area contributed by atoms with Crippen LogP contribution in [0.1, 0.15) is 11.6 Å². The van der Waals surface area contributed by atoms with Crippen molar-refractivity contribution in [1.29, 1.82) is 0 Å². The highest BCUT2D eigenvalue weighted by molar-refractivity contribution is 6.31. The Labute approximate surface area is 91.6 Å². The average Bonchev–Trinajstić information content (AvgIpc) is 2.20. The largest absolute Gasteiger partial charge is 0.353 e. The normalized spacial score (nSPS) is 21.2. The van der Waals surface area contributed by atoms with Gasteiger partial charge in [0.1, 0.15) is 11.9 Å². The molecule has 1 heterocycles. The Hall–Kier alpha value is -1.13. The number of nitrogens with one attached hydrogen (secondary N) is 2. The Bertz CT molecular complexity index is 377. The fourth-order valence-corrected chi connectivity index (χ4v) is 1.89. The Balaban J connectivity index is 2.39. The van der Waals surface area contributed by atoms with Crippen molar-refractivity contribution in [2.45, 2.75) is 6.04 Å². The predicted octanol–water partition coefficient (Wildman–Crippen LogP) is 1.24. The van der Waals surface area contributed by atoms with E-state index in [0.717, 1.165) is 0 Å². The van der Waals surface area contributed by atoms with E-state index in [1.54, 1.807) is 6.07 Å². The minimum atomic E-state index is -0.688. The van der Waals surface area contributed by atoms with Gasteiger partial charge in [0.25, 0.3) is 0 Å². The minimum absolute atomic E-state index is 0.219. The van der Waals surface area contributed by atoms with Crippen molar-refractivity contribution in [3.05, 3.63) is 34.6 Å². The molecule has 0 aliphatic carbocycles. The van der Waals surface area contributed by atoms with Crippen LogP contribution in [0, 0.1) is 5.82 Å². The summed E-state index contributed by atoms with van der Waals surface area (Å²) in [6, 6.07) is 3.70. The lowest BCUT2D eigenvalue weighted by atomic mass is 10.0. The molecule has 0 bridgehead atoms. The van der Waals surface area contributed by atoms with Crippen molar-refractivity contribution < 1.29 is 9.18 Å². The van der Waals surface area contributed by atoms with Gasteiger partial charge in [-0.1, -0.05) is 17.7 Å². The second-order valence-electron chi connectivity index (χ2n) is 3.31. The highest BCUT2D eigenvalue weighted by atomic mass is 35.5. The van der Waals surface area contributed by atoms with Crippen molar-refractivity contribution >= 4 is 17.5 Å². The van der Waals surface area contributed by atoms with Gasteiger partial charge in [-0.15, -0.1) is 0 Å². The molecule has 2 rings (SSSR count). The molecule has 0 radical (unpaired) electrons. The number of piperazine rings is 1. The van der Waals surface area contributed by atoms with E-state index in [1.165, 1.54) is 12.1 Å². The Morgan fingerprint density at radius 3 is 2.87 bits per heavy atom. The Morgan fingerprint density at radius 2 is 2.20 bits per heavy atom. The molecule has 0 unspecified atom stereocenters. The van der Waals surface area contributed by atoms with Crippen molar-refractivity contribution in [3.63, 3.8) is 0 Å². The zero-order valence-electron chi connectivity index (χ0n) is 7.89. The first-order valence-electron chi connectivity index (χ1n) is 4.65. The molecule has 3 nitrogen and oxygen atoms in total. The van der Waals surface area contributed by atoms with Crippen LogP contribution in [0.4, 0.5) is 4.39 Å². The summed E-state index contributed by atoms with van der Waals surface area (Å²) < 4.78 is 13.5. The number of hydrogen-bond acceptors (Lipinski definition) is 2. The lowest BCUT2D eigenvalue weighted by molar-refractivity contribution is -0.124. The molecule has 0 saturated carbocycles. The number of hydrogen-bond donors (Lipinski definition) is 2. The van der Waals surface area contributed by atoms with Gasteiger partial charge in [0.05, 0.1) is 0 Å². The van der Waals surface area contributed by atoms with Crippen LogP contribution in [0.25, 0.3) is 0 Å². The summed E-state index contributed by atoms with van der Waals surface area (Å²) in [5.41, 5.74) is 0.219. The van der Waals surface area contributed by atoms with Gasteiger partial charge in [0.15, 0.2) is 0 Å². The molecule has 1 aliphatic rings. The van der Waals surface area contributed by atoms with Crippen LogP contribution in [-0.4, -0.2) is 19.0 Å². The molecule has 1 fully saturated rings. The summed E-state index contributed by atoms with van der Waals surface area (Å²) in [6.45, 7) is 1.17. The van der Waals surface area contributed by atoms with Crippen LogP contribution < -0.4 is 10.6 Å². The van der Waals surface area contributed by atoms with Gasteiger partial charge in [-0.3, -0.25) is 4.79 Å². The van der Waals surface area contributed by atoms with Gasteiger partial charge in [0.2, 0.25) is 5.91 Å². The van der Waals surface area contributed by atoms with E-state index in [0.29, 0.717) is 13.1 Å². The maximum Gasteiger partial charge on any atom is 0.241 e. The van der Waals surface area contributed by atoms with Crippen molar-refractivity contribution in [2.75, 3.05) is 13.1 Å². The van der Waals surface area contributed by atoms with E-state index in [4.69, 9.17) is 11.6 Å². The molecule has 1 aromatic carbocycles. The number of carbonyl (C=O) groups excluding carboxylic acids is 1. The van der Waals surface area contributed by atoms with Gasteiger partial charge in [-0.2, -0.15) is 0 Å². The summed E-state index contributed by atoms with van der Waals surface area (Å²) in [7, 11) is 0. The van der Waals surface area contributed by atoms with Crippen LogP contribution in [-0.2, 0) is 4.79 Å². The fourth-order valence-electron chi connectivity index (χ4n) is 1.62. The van der Waals surface area contributed by atoms with E-state index in [2.05, 4.69) is 10.6 Å². The SMILES string of the molecule is O=C1NCCN[C@@H]1c1c(F)cccc1Cl. The molecule has 15 heavy (non-hydrogen) atoms. The zero-order valence-corrected chi connectivity index (χ0v) is 8.64. The summed E-state index contributed by atoms with van der Waals surface area (Å²) in [4.78, 5) is 11.5. The molecule has 0 aromatic heterocycles. The van der Waals surface area contributed by atoms with Gasteiger partial charge in [0, 0.05) is 23.7 Å². The maximum atomic E-state index is 13.5. The smallest absolute Gasteiger partial charge is 0.241 e. The molecular formula is C10H10ClFN2O. The summed E-state index contributed by atoms with van der Waals surface area (Å²) in [6.07, 6.45) is 0. The third kappa shape index (κ3) is 1.96. The Morgan fingerprint density at radius 1 is 1.40 bits per heavy atom. The zero-order chi connectivity index (χ0) is 10.8. The number of amides is 1. The third-order valence-electron chi connectivity index (χ3n) is 2.32. The van der Waals surface area contributed by atoms with Crippen LogP contribution in [0.3, 0.4) is 0 Å². The highest BCUT2D eigenvalue weighted by Gasteiger charge is 2.27. The molecule has 80 valence electrons. The average molecular weight is 229 g/mol. The topological polar surface area (TPSA) is 41.1 Å². The van der Waals surface area contributed by atoms with E-state index in [1.807, 2.05) is 0 Å². The summed E-state index contributed by atoms with van der Waals surface area (Å²) in [5, 5.41) is 5.86. The Kier molecular flexibility index (Phi) is 2.88. The highest BCUT2D eigenvalue weighted by Crippen LogP contribution is 2.26. The van der Waals surface area contributed by atoms with Crippen LogP contribution in [0.5, 0.6) is 0 Å². The number of rotatable bonds is 1. The van der Waals surface area contributed by atoms with E-state index in [-0.39, 0.29) is 16.5 Å². The van der Waals surface area contributed by atoms with Gasteiger partial charge in [-0.25, -0.2) is 4.39 Å². The van der Waals surface area contributed by atoms with E-state index >= 15 is 0 Å². The first-order valence-corrected chi connectivity index (χ1v) is 5.03.